The lowest BCUT2D eigenvalue weighted by molar-refractivity contribution is 0.122. The van der Waals surface area contributed by atoms with Crippen LogP contribution in [0.25, 0.3) is 11.4 Å². The van der Waals surface area contributed by atoms with Gasteiger partial charge in [0.15, 0.2) is 5.82 Å². The SMILES string of the molecule is Cn1cnnc1-c1cccc(N2CCOCC2)c1. The summed E-state index contributed by atoms with van der Waals surface area (Å²) in [6, 6.07) is 8.42. The lowest BCUT2D eigenvalue weighted by Crippen LogP contribution is -2.36. The molecule has 0 saturated carbocycles. The van der Waals surface area contributed by atoms with E-state index >= 15 is 0 Å². The fourth-order valence-corrected chi connectivity index (χ4v) is 2.21. The molecule has 1 aromatic carbocycles. The minimum Gasteiger partial charge on any atom is -0.378 e. The van der Waals surface area contributed by atoms with Crippen molar-refractivity contribution in [2.24, 2.45) is 7.05 Å². The normalized spacial score (nSPS) is 15.9. The zero-order chi connectivity index (χ0) is 12.4. The van der Waals surface area contributed by atoms with E-state index in [1.165, 1.54) is 5.69 Å². The van der Waals surface area contributed by atoms with Gasteiger partial charge in [0.05, 0.1) is 13.2 Å². The van der Waals surface area contributed by atoms with Crippen LogP contribution in [0, 0.1) is 0 Å². The maximum Gasteiger partial charge on any atom is 0.163 e. The molecule has 1 aliphatic rings. The van der Waals surface area contributed by atoms with Crippen molar-refractivity contribution in [3.05, 3.63) is 30.6 Å². The van der Waals surface area contributed by atoms with E-state index in [-0.39, 0.29) is 0 Å². The van der Waals surface area contributed by atoms with Gasteiger partial charge in [-0.3, -0.25) is 0 Å². The summed E-state index contributed by atoms with van der Waals surface area (Å²) in [4.78, 5) is 2.34. The molecule has 5 nitrogen and oxygen atoms in total. The molecule has 0 spiro atoms. The molecule has 0 N–H and O–H groups in total. The fourth-order valence-electron chi connectivity index (χ4n) is 2.21. The molecule has 94 valence electrons. The minimum atomic E-state index is 0.800. The van der Waals surface area contributed by atoms with Gasteiger partial charge in [-0.05, 0) is 12.1 Å². The number of benzene rings is 1. The molecule has 0 unspecified atom stereocenters. The van der Waals surface area contributed by atoms with E-state index in [1.807, 2.05) is 11.6 Å². The van der Waals surface area contributed by atoms with Gasteiger partial charge >= 0.3 is 0 Å². The van der Waals surface area contributed by atoms with Crippen molar-refractivity contribution < 1.29 is 4.74 Å². The number of ether oxygens (including phenoxy) is 1. The van der Waals surface area contributed by atoms with Gasteiger partial charge in [-0.15, -0.1) is 10.2 Å². The molecule has 1 saturated heterocycles. The first-order valence-electron chi connectivity index (χ1n) is 6.12. The maximum atomic E-state index is 5.37. The average Bonchev–Trinajstić information content (AvgIpc) is 2.86. The highest BCUT2D eigenvalue weighted by molar-refractivity contribution is 5.63. The number of morpholine rings is 1. The minimum absolute atomic E-state index is 0.800. The summed E-state index contributed by atoms with van der Waals surface area (Å²) in [6.07, 6.45) is 1.72. The second-order valence-corrected chi connectivity index (χ2v) is 4.42. The first-order valence-corrected chi connectivity index (χ1v) is 6.12. The van der Waals surface area contributed by atoms with Crippen LogP contribution in [0.5, 0.6) is 0 Å². The third-order valence-corrected chi connectivity index (χ3v) is 3.19. The molecule has 18 heavy (non-hydrogen) atoms. The van der Waals surface area contributed by atoms with E-state index < -0.39 is 0 Å². The molecule has 0 radical (unpaired) electrons. The topological polar surface area (TPSA) is 43.2 Å². The van der Waals surface area contributed by atoms with Crippen molar-refractivity contribution in [2.45, 2.75) is 0 Å². The zero-order valence-electron chi connectivity index (χ0n) is 10.4. The Balaban J connectivity index is 1.91. The summed E-state index contributed by atoms with van der Waals surface area (Å²) in [5, 5.41) is 8.06. The summed E-state index contributed by atoms with van der Waals surface area (Å²) >= 11 is 0. The molecular weight excluding hydrogens is 228 g/mol. The molecule has 2 aromatic rings. The van der Waals surface area contributed by atoms with Crippen molar-refractivity contribution in [1.82, 2.24) is 14.8 Å². The largest absolute Gasteiger partial charge is 0.378 e. The quantitative estimate of drug-likeness (QED) is 0.799. The third-order valence-electron chi connectivity index (χ3n) is 3.19. The van der Waals surface area contributed by atoms with Crippen LogP contribution < -0.4 is 4.90 Å². The van der Waals surface area contributed by atoms with Crippen LogP contribution in [0.15, 0.2) is 30.6 Å². The van der Waals surface area contributed by atoms with Crippen LogP contribution in [-0.2, 0) is 11.8 Å². The highest BCUT2D eigenvalue weighted by Gasteiger charge is 2.12. The number of rotatable bonds is 2. The van der Waals surface area contributed by atoms with Crippen molar-refractivity contribution in [3.8, 4) is 11.4 Å². The van der Waals surface area contributed by atoms with Crippen molar-refractivity contribution in [1.29, 1.82) is 0 Å². The van der Waals surface area contributed by atoms with Crippen molar-refractivity contribution in [3.63, 3.8) is 0 Å². The predicted molar refractivity (Wildman–Crippen MR) is 69.5 cm³/mol. The van der Waals surface area contributed by atoms with Crippen LogP contribution in [0.2, 0.25) is 0 Å². The number of nitrogens with zero attached hydrogens (tertiary/aromatic N) is 4. The van der Waals surface area contributed by atoms with E-state index in [1.54, 1.807) is 6.33 Å². The van der Waals surface area contributed by atoms with E-state index in [0.29, 0.717) is 0 Å². The van der Waals surface area contributed by atoms with Gasteiger partial charge in [-0.25, -0.2) is 0 Å². The highest BCUT2D eigenvalue weighted by Crippen LogP contribution is 2.23. The molecular formula is C13H16N4O. The van der Waals surface area contributed by atoms with E-state index in [0.717, 1.165) is 37.7 Å². The predicted octanol–water partition coefficient (Wildman–Crippen LogP) is 1.32. The Hall–Kier alpha value is -1.88. The van der Waals surface area contributed by atoms with Crippen LogP contribution in [0.1, 0.15) is 0 Å². The Morgan fingerprint density at radius 3 is 2.78 bits per heavy atom. The van der Waals surface area contributed by atoms with E-state index in [9.17, 15) is 0 Å². The lowest BCUT2D eigenvalue weighted by Gasteiger charge is -2.29. The second kappa shape index (κ2) is 4.78. The average molecular weight is 244 g/mol. The first kappa shape index (κ1) is 11.2. The molecule has 2 heterocycles. The molecule has 1 aromatic heterocycles. The molecule has 0 atom stereocenters. The zero-order valence-corrected chi connectivity index (χ0v) is 10.4. The van der Waals surface area contributed by atoms with Crippen molar-refractivity contribution >= 4 is 5.69 Å². The number of hydrogen-bond acceptors (Lipinski definition) is 4. The van der Waals surface area contributed by atoms with Gasteiger partial charge in [0.25, 0.3) is 0 Å². The van der Waals surface area contributed by atoms with Crippen LogP contribution in [0.3, 0.4) is 0 Å². The van der Waals surface area contributed by atoms with Crippen LogP contribution in [0.4, 0.5) is 5.69 Å². The maximum absolute atomic E-state index is 5.37. The number of aromatic nitrogens is 3. The third kappa shape index (κ3) is 2.09. The van der Waals surface area contributed by atoms with Gasteiger partial charge < -0.3 is 14.2 Å². The first-order chi connectivity index (χ1) is 8.84. The van der Waals surface area contributed by atoms with Gasteiger partial charge in [-0.1, -0.05) is 12.1 Å². The highest BCUT2D eigenvalue weighted by atomic mass is 16.5. The summed E-state index contributed by atoms with van der Waals surface area (Å²) in [5.74, 6) is 0.894. The monoisotopic (exact) mass is 244 g/mol. The van der Waals surface area contributed by atoms with Gasteiger partial charge in [0, 0.05) is 31.4 Å². The van der Waals surface area contributed by atoms with E-state index in [4.69, 9.17) is 4.74 Å². The second-order valence-electron chi connectivity index (χ2n) is 4.42. The molecule has 1 aliphatic heterocycles. The molecule has 0 amide bonds. The Morgan fingerprint density at radius 2 is 2.06 bits per heavy atom. The number of anilines is 1. The van der Waals surface area contributed by atoms with Gasteiger partial charge in [0.2, 0.25) is 0 Å². The molecule has 1 fully saturated rings. The standard InChI is InChI=1S/C13H16N4O/c1-16-10-14-15-13(16)11-3-2-4-12(9-11)17-5-7-18-8-6-17/h2-4,9-10H,5-8H2,1H3. The molecule has 3 rings (SSSR count). The Morgan fingerprint density at radius 1 is 1.22 bits per heavy atom. The Labute approximate surface area is 106 Å². The fraction of sp³-hybridized carbons (Fsp3) is 0.385. The molecule has 0 bridgehead atoms. The van der Waals surface area contributed by atoms with Crippen LogP contribution in [-0.4, -0.2) is 41.1 Å². The van der Waals surface area contributed by atoms with Gasteiger partial charge in [0.1, 0.15) is 6.33 Å². The lowest BCUT2D eigenvalue weighted by atomic mass is 10.1. The summed E-state index contributed by atoms with van der Waals surface area (Å²) in [6.45, 7) is 3.49. The number of aryl methyl sites for hydroxylation is 1. The van der Waals surface area contributed by atoms with E-state index in [2.05, 4.69) is 39.4 Å². The molecule has 0 aliphatic carbocycles. The van der Waals surface area contributed by atoms with Gasteiger partial charge in [-0.2, -0.15) is 0 Å². The summed E-state index contributed by atoms with van der Waals surface area (Å²) in [7, 11) is 1.96. The Kier molecular flexibility index (Phi) is 2.98. The number of hydrogen-bond donors (Lipinski definition) is 0. The summed E-state index contributed by atoms with van der Waals surface area (Å²) < 4.78 is 7.30. The molecule has 5 heteroatoms. The Bertz CT molecular complexity index is 531. The smallest absolute Gasteiger partial charge is 0.163 e. The van der Waals surface area contributed by atoms with Crippen LogP contribution >= 0.6 is 0 Å². The van der Waals surface area contributed by atoms with Crippen molar-refractivity contribution in [2.75, 3.05) is 31.2 Å². The summed E-state index contributed by atoms with van der Waals surface area (Å²) in [5.41, 5.74) is 2.32.